The van der Waals surface area contributed by atoms with Gasteiger partial charge in [0.25, 0.3) is 0 Å². The van der Waals surface area contributed by atoms with Crippen molar-refractivity contribution in [1.29, 1.82) is 0 Å². The van der Waals surface area contributed by atoms with E-state index in [2.05, 4.69) is 4.72 Å². The lowest BCUT2D eigenvalue weighted by molar-refractivity contribution is 0.323. The molecule has 136 valence electrons. The van der Waals surface area contributed by atoms with Crippen molar-refractivity contribution in [3.63, 3.8) is 0 Å². The van der Waals surface area contributed by atoms with Crippen LogP contribution in [0.25, 0.3) is 0 Å². The van der Waals surface area contributed by atoms with Gasteiger partial charge >= 0.3 is 0 Å². The summed E-state index contributed by atoms with van der Waals surface area (Å²) in [7, 11) is 0.559. The number of methoxy groups -OCH3 is 3. The van der Waals surface area contributed by atoms with E-state index in [9.17, 15) is 12.8 Å². The zero-order valence-corrected chi connectivity index (χ0v) is 15.2. The molecular formula is C17H20FNO5S. The maximum atomic E-state index is 13.4. The molecular weight excluding hydrogens is 349 g/mol. The van der Waals surface area contributed by atoms with Crippen molar-refractivity contribution in [3.8, 4) is 17.2 Å². The molecule has 0 saturated carbocycles. The van der Waals surface area contributed by atoms with Gasteiger partial charge in [0.05, 0.1) is 26.2 Å². The Balaban J connectivity index is 2.30. The number of rotatable bonds is 7. The topological polar surface area (TPSA) is 73.9 Å². The van der Waals surface area contributed by atoms with E-state index in [4.69, 9.17) is 14.2 Å². The van der Waals surface area contributed by atoms with Gasteiger partial charge in [-0.25, -0.2) is 17.5 Å². The van der Waals surface area contributed by atoms with Crippen molar-refractivity contribution in [2.45, 2.75) is 18.4 Å². The summed E-state index contributed by atoms with van der Waals surface area (Å²) < 4.78 is 56.4. The van der Waals surface area contributed by atoms with Gasteiger partial charge in [0, 0.05) is 6.54 Å². The van der Waals surface area contributed by atoms with Crippen LogP contribution in [-0.4, -0.2) is 29.7 Å². The third-order valence-electron chi connectivity index (χ3n) is 3.63. The number of nitrogens with one attached hydrogen (secondary N) is 1. The highest BCUT2D eigenvalue weighted by Crippen LogP contribution is 2.38. The Kier molecular flexibility index (Phi) is 5.86. The summed E-state index contributed by atoms with van der Waals surface area (Å²) in [5.41, 5.74) is 1.06. The van der Waals surface area contributed by atoms with E-state index in [0.29, 0.717) is 28.4 Å². The van der Waals surface area contributed by atoms with Gasteiger partial charge in [-0.3, -0.25) is 0 Å². The zero-order chi connectivity index (χ0) is 18.6. The molecule has 0 aliphatic heterocycles. The van der Waals surface area contributed by atoms with E-state index >= 15 is 0 Å². The Morgan fingerprint density at radius 3 is 2.12 bits per heavy atom. The molecule has 1 N–H and O–H groups in total. The first-order valence-corrected chi connectivity index (χ1v) is 8.85. The minimum absolute atomic E-state index is 0.0188. The first kappa shape index (κ1) is 19.0. The first-order chi connectivity index (χ1) is 11.8. The molecule has 0 bridgehead atoms. The third-order valence-corrected chi connectivity index (χ3v) is 5.17. The maximum Gasteiger partial charge on any atom is 0.241 e. The van der Waals surface area contributed by atoms with Crippen molar-refractivity contribution < 1.29 is 27.0 Å². The second kappa shape index (κ2) is 7.71. The fraction of sp³-hybridized carbons (Fsp3) is 0.294. The van der Waals surface area contributed by atoms with E-state index < -0.39 is 15.8 Å². The lowest BCUT2D eigenvalue weighted by Gasteiger charge is -2.15. The van der Waals surface area contributed by atoms with Crippen LogP contribution in [-0.2, 0) is 16.6 Å². The summed E-state index contributed by atoms with van der Waals surface area (Å²) in [4.78, 5) is -0.0973. The Hall–Kier alpha value is -2.32. The molecule has 0 radical (unpaired) electrons. The summed E-state index contributed by atoms with van der Waals surface area (Å²) in [6.45, 7) is 1.59. The highest BCUT2D eigenvalue weighted by molar-refractivity contribution is 7.89. The summed E-state index contributed by atoms with van der Waals surface area (Å²) in [5, 5.41) is 0. The smallest absolute Gasteiger partial charge is 0.241 e. The summed E-state index contributed by atoms with van der Waals surface area (Å²) in [5.74, 6) is 0.632. The number of aryl methyl sites for hydroxylation is 1. The highest BCUT2D eigenvalue weighted by atomic mass is 32.2. The molecule has 0 aromatic heterocycles. The third kappa shape index (κ3) is 4.21. The Labute approximate surface area is 146 Å². The van der Waals surface area contributed by atoms with Gasteiger partial charge in [-0.2, -0.15) is 0 Å². The summed E-state index contributed by atoms with van der Waals surface area (Å²) >= 11 is 0. The van der Waals surface area contributed by atoms with E-state index in [0.717, 1.165) is 6.07 Å². The molecule has 0 heterocycles. The van der Waals surface area contributed by atoms with Crippen LogP contribution >= 0.6 is 0 Å². The molecule has 25 heavy (non-hydrogen) atoms. The average Bonchev–Trinajstić information content (AvgIpc) is 2.60. The first-order valence-electron chi connectivity index (χ1n) is 7.37. The summed E-state index contributed by atoms with van der Waals surface area (Å²) in [6, 6.07) is 6.91. The van der Waals surface area contributed by atoms with Crippen LogP contribution < -0.4 is 18.9 Å². The lowest BCUT2D eigenvalue weighted by Crippen LogP contribution is -2.24. The highest BCUT2D eigenvalue weighted by Gasteiger charge is 2.19. The number of benzene rings is 2. The monoisotopic (exact) mass is 369 g/mol. The minimum Gasteiger partial charge on any atom is -0.493 e. The van der Waals surface area contributed by atoms with Gasteiger partial charge < -0.3 is 14.2 Å². The fourth-order valence-corrected chi connectivity index (χ4v) is 3.63. The normalized spacial score (nSPS) is 11.2. The van der Waals surface area contributed by atoms with Gasteiger partial charge in [0.15, 0.2) is 11.5 Å². The molecule has 0 amide bonds. The molecule has 2 aromatic carbocycles. The van der Waals surface area contributed by atoms with Crippen molar-refractivity contribution in [2.24, 2.45) is 0 Å². The molecule has 0 atom stereocenters. The number of sulfonamides is 1. The molecule has 2 rings (SSSR count). The quantitative estimate of drug-likeness (QED) is 0.812. The average molecular weight is 369 g/mol. The van der Waals surface area contributed by atoms with Gasteiger partial charge in [-0.05, 0) is 42.3 Å². The van der Waals surface area contributed by atoms with Crippen LogP contribution in [0.2, 0.25) is 0 Å². The molecule has 0 unspecified atom stereocenters. The number of hydrogen-bond acceptors (Lipinski definition) is 5. The maximum absolute atomic E-state index is 13.4. The van der Waals surface area contributed by atoms with Gasteiger partial charge in [0.2, 0.25) is 15.8 Å². The second-order valence-electron chi connectivity index (χ2n) is 5.27. The Bertz CT molecular complexity index is 842. The number of hydrogen-bond donors (Lipinski definition) is 1. The minimum atomic E-state index is -3.87. The molecule has 8 heteroatoms. The van der Waals surface area contributed by atoms with Crippen LogP contribution in [0.4, 0.5) is 4.39 Å². The van der Waals surface area contributed by atoms with E-state index in [1.807, 2.05) is 0 Å². The van der Waals surface area contributed by atoms with Crippen LogP contribution in [0, 0.1) is 12.7 Å². The lowest BCUT2D eigenvalue weighted by atomic mass is 10.2. The van der Waals surface area contributed by atoms with Crippen molar-refractivity contribution in [3.05, 3.63) is 47.3 Å². The molecule has 0 spiro atoms. The molecule has 0 fully saturated rings. The fourth-order valence-electron chi connectivity index (χ4n) is 2.36. The Morgan fingerprint density at radius 2 is 1.60 bits per heavy atom. The van der Waals surface area contributed by atoms with E-state index in [1.54, 1.807) is 19.1 Å². The predicted molar refractivity (Wildman–Crippen MR) is 91.3 cm³/mol. The van der Waals surface area contributed by atoms with Crippen molar-refractivity contribution in [1.82, 2.24) is 4.72 Å². The van der Waals surface area contributed by atoms with Crippen molar-refractivity contribution >= 4 is 10.0 Å². The summed E-state index contributed by atoms with van der Waals surface area (Å²) in [6.07, 6.45) is 0. The van der Waals surface area contributed by atoms with E-state index in [1.165, 1.54) is 33.5 Å². The van der Waals surface area contributed by atoms with Crippen molar-refractivity contribution in [2.75, 3.05) is 21.3 Å². The second-order valence-corrected chi connectivity index (χ2v) is 7.00. The Morgan fingerprint density at radius 1 is 1.00 bits per heavy atom. The zero-order valence-electron chi connectivity index (χ0n) is 14.4. The van der Waals surface area contributed by atoms with E-state index in [-0.39, 0.29) is 11.4 Å². The molecule has 6 nitrogen and oxygen atoms in total. The predicted octanol–water partition coefficient (Wildman–Crippen LogP) is 2.64. The standard InChI is InChI=1S/C17H20FNO5S/c1-11-5-6-13(18)9-16(11)25(20,21)19-10-12-7-14(22-2)17(24-4)15(8-12)23-3/h5-9,19H,10H2,1-4H3. The molecule has 0 saturated heterocycles. The van der Waals surface area contributed by atoms with Crippen LogP contribution in [0.3, 0.4) is 0 Å². The van der Waals surface area contributed by atoms with Crippen LogP contribution in [0.1, 0.15) is 11.1 Å². The molecule has 2 aromatic rings. The molecule has 0 aliphatic rings. The van der Waals surface area contributed by atoms with Gasteiger partial charge in [-0.15, -0.1) is 0 Å². The van der Waals surface area contributed by atoms with Crippen LogP contribution in [0.5, 0.6) is 17.2 Å². The largest absolute Gasteiger partial charge is 0.493 e. The SMILES string of the molecule is COc1cc(CNS(=O)(=O)c2cc(F)ccc2C)cc(OC)c1OC. The van der Waals surface area contributed by atoms with Crippen LogP contribution in [0.15, 0.2) is 35.2 Å². The molecule has 0 aliphatic carbocycles. The van der Waals surface area contributed by atoms with Gasteiger partial charge in [-0.1, -0.05) is 6.07 Å². The van der Waals surface area contributed by atoms with Gasteiger partial charge in [0.1, 0.15) is 5.82 Å². The number of ether oxygens (including phenoxy) is 3. The number of halogens is 1.